The number of fused-ring (bicyclic) bond motifs is 4. The fourth-order valence-electron chi connectivity index (χ4n) is 4.41. The Morgan fingerprint density at radius 1 is 1.12 bits per heavy atom. The molecule has 9 heteroatoms. The first-order chi connectivity index (χ1) is 16.5. The summed E-state index contributed by atoms with van der Waals surface area (Å²) >= 11 is 0. The summed E-state index contributed by atoms with van der Waals surface area (Å²) in [5.41, 5.74) is 0.0975. The van der Waals surface area contributed by atoms with E-state index in [0.29, 0.717) is 65.6 Å². The van der Waals surface area contributed by atoms with E-state index in [0.717, 1.165) is 0 Å². The minimum atomic E-state index is -2.47. The monoisotopic (exact) mass is 463 g/mol. The van der Waals surface area contributed by atoms with Crippen molar-refractivity contribution in [1.29, 1.82) is 0 Å². The number of hydrogen-bond acceptors (Lipinski definition) is 5. The Labute approximate surface area is 193 Å². The summed E-state index contributed by atoms with van der Waals surface area (Å²) in [6.45, 7) is 2.19. The van der Waals surface area contributed by atoms with Crippen molar-refractivity contribution in [2.75, 3.05) is 11.4 Å². The molecule has 0 radical (unpaired) electrons. The van der Waals surface area contributed by atoms with E-state index in [-0.39, 0.29) is 0 Å². The van der Waals surface area contributed by atoms with Gasteiger partial charge in [0.05, 0.1) is 22.0 Å². The van der Waals surface area contributed by atoms with Crippen LogP contribution in [0.25, 0.3) is 16.7 Å². The van der Waals surface area contributed by atoms with Crippen molar-refractivity contribution in [1.82, 2.24) is 19.6 Å². The van der Waals surface area contributed by atoms with Crippen molar-refractivity contribution in [3.05, 3.63) is 54.1 Å². The van der Waals surface area contributed by atoms with E-state index in [1.54, 1.807) is 29.5 Å². The highest BCUT2D eigenvalue weighted by molar-refractivity contribution is 5.94. The van der Waals surface area contributed by atoms with E-state index < -0.39 is 23.8 Å². The lowest BCUT2D eigenvalue weighted by Gasteiger charge is -2.24. The topological polar surface area (TPSA) is 55.5 Å². The average molecular weight is 463 g/mol. The van der Waals surface area contributed by atoms with Crippen LogP contribution in [0, 0.1) is 30.0 Å². The van der Waals surface area contributed by atoms with Gasteiger partial charge in [0.15, 0.2) is 6.10 Å². The molecule has 1 aliphatic carbocycles. The Hall–Kier alpha value is -3.80. The maximum Gasteiger partial charge on any atom is 0.257 e. The number of aromatic nitrogens is 4. The number of nitrogens with zero attached hydrogens (tertiary/aromatic N) is 5. The molecule has 0 bridgehead atoms. The highest BCUT2D eigenvalue weighted by Crippen LogP contribution is 2.50. The van der Waals surface area contributed by atoms with Crippen LogP contribution in [0.5, 0.6) is 5.75 Å². The number of rotatable bonds is 2. The van der Waals surface area contributed by atoms with Crippen LogP contribution in [-0.2, 0) is 0 Å². The number of ether oxygens (including phenoxy) is 1. The fraction of sp³-hybridized carbons (Fsp3) is 0.320. The number of para-hydroxylation sites is 2. The van der Waals surface area contributed by atoms with Gasteiger partial charge in [-0.3, -0.25) is 4.40 Å². The highest BCUT2D eigenvalue weighted by atomic mass is 19.3. The van der Waals surface area contributed by atoms with Crippen LogP contribution in [0.15, 0.2) is 42.5 Å². The number of aryl methyl sites for hydroxylation is 1. The molecule has 4 aromatic rings. The molecule has 0 spiro atoms. The van der Waals surface area contributed by atoms with E-state index in [1.165, 1.54) is 6.07 Å². The van der Waals surface area contributed by atoms with E-state index in [9.17, 15) is 8.78 Å². The first-order valence-corrected chi connectivity index (χ1v) is 11.1. The highest BCUT2D eigenvalue weighted by Gasteiger charge is 2.50. The number of hydrogen-bond donors (Lipinski definition) is 0. The van der Waals surface area contributed by atoms with Crippen molar-refractivity contribution in [3.63, 3.8) is 0 Å². The summed E-state index contributed by atoms with van der Waals surface area (Å²) in [4.78, 5) is 6.56. The van der Waals surface area contributed by atoms with Gasteiger partial charge < -0.3 is 9.64 Å². The molecule has 6 nitrogen and oxygen atoms in total. The maximum absolute atomic E-state index is 15.2. The van der Waals surface area contributed by atoms with Crippen LogP contribution < -0.4 is 9.64 Å². The van der Waals surface area contributed by atoms with Gasteiger partial charge in [0.2, 0.25) is 0 Å². The molecule has 2 aliphatic rings. The van der Waals surface area contributed by atoms with Crippen molar-refractivity contribution >= 4 is 28.2 Å². The molecule has 1 saturated carbocycles. The SMILES string of the molecule is Cc1nnc2nc(N3CCC(C#CC4(C(F)F)CC4)Oc4ccccc43)c3c(F)cccc3n12. The molecule has 0 amide bonds. The summed E-state index contributed by atoms with van der Waals surface area (Å²) in [6, 6.07) is 12.2. The molecular formula is C25H20F3N5O. The maximum atomic E-state index is 15.2. The molecule has 6 rings (SSSR count). The van der Waals surface area contributed by atoms with E-state index in [4.69, 9.17) is 4.74 Å². The van der Waals surface area contributed by atoms with Crippen LogP contribution in [0.1, 0.15) is 25.1 Å². The smallest absolute Gasteiger partial charge is 0.257 e. The van der Waals surface area contributed by atoms with E-state index in [2.05, 4.69) is 27.0 Å². The van der Waals surface area contributed by atoms with Crippen LogP contribution in [0.3, 0.4) is 0 Å². The fourth-order valence-corrected chi connectivity index (χ4v) is 4.41. The van der Waals surface area contributed by atoms with Gasteiger partial charge in [0.1, 0.15) is 23.2 Å². The number of alkyl halides is 2. The summed E-state index contributed by atoms with van der Waals surface area (Å²) in [6.07, 6.45) is -1.81. The van der Waals surface area contributed by atoms with Crippen LogP contribution >= 0.6 is 0 Å². The Morgan fingerprint density at radius 2 is 1.94 bits per heavy atom. The Balaban J connectivity index is 1.48. The van der Waals surface area contributed by atoms with Gasteiger partial charge in [0, 0.05) is 13.0 Å². The molecular weight excluding hydrogens is 443 g/mol. The van der Waals surface area contributed by atoms with Gasteiger partial charge in [-0.15, -0.1) is 10.2 Å². The molecule has 172 valence electrons. The first-order valence-electron chi connectivity index (χ1n) is 11.1. The van der Waals surface area contributed by atoms with Crippen molar-refractivity contribution < 1.29 is 17.9 Å². The zero-order chi connectivity index (χ0) is 23.4. The minimum Gasteiger partial charge on any atom is -0.476 e. The lowest BCUT2D eigenvalue weighted by molar-refractivity contribution is 0.0919. The largest absolute Gasteiger partial charge is 0.476 e. The molecule has 2 aromatic carbocycles. The molecule has 1 atom stereocenters. The lowest BCUT2D eigenvalue weighted by atomic mass is 10.1. The predicted molar refractivity (Wildman–Crippen MR) is 121 cm³/mol. The number of halogens is 3. The zero-order valence-electron chi connectivity index (χ0n) is 18.3. The summed E-state index contributed by atoms with van der Waals surface area (Å²) < 4.78 is 49.7. The number of anilines is 2. The van der Waals surface area contributed by atoms with Gasteiger partial charge in [0.25, 0.3) is 12.2 Å². The molecule has 3 heterocycles. The van der Waals surface area contributed by atoms with Crippen LogP contribution in [0.2, 0.25) is 0 Å². The van der Waals surface area contributed by atoms with Gasteiger partial charge in [-0.2, -0.15) is 4.98 Å². The second-order valence-electron chi connectivity index (χ2n) is 8.69. The molecule has 1 aliphatic heterocycles. The second kappa shape index (κ2) is 7.62. The van der Waals surface area contributed by atoms with Crippen molar-refractivity contribution in [3.8, 4) is 17.6 Å². The van der Waals surface area contributed by atoms with E-state index in [1.807, 2.05) is 23.1 Å². The molecule has 0 N–H and O–H groups in total. The standard InChI is InChI=1S/C25H20F3N5O/c1-15-30-31-24-29-22(21-17(26)5-4-7-19(21)33(15)24)32-14-10-16(9-11-25(12-13-25)23(27)28)34-20-8-3-2-6-18(20)32/h2-8,16,23H,10,12-14H2,1H3. The third-order valence-electron chi connectivity index (χ3n) is 6.45. The third kappa shape index (κ3) is 3.24. The van der Waals surface area contributed by atoms with Crippen molar-refractivity contribution in [2.24, 2.45) is 5.41 Å². The van der Waals surface area contributed by atoms with Gasteiger partial charge >= 0.3 is 0 Å². The second-order valence-corrected chi connectivity index (χ2v) is 8.69. The summed E-state index contributed by atoms with van der Waals surface area (Å²) in [7, 11) is 0. The molecule has 1 fully saturated rings. The Bertz CT molecular complexity index is 1480. The zero-order valence-corrected chi connectivity index (χ0v) is 18.3. The molecule has 2 aromatic heterocycles. The summed E-state index contributed by atoms with van der Waals surface area (Å²) in [5, 5.41) is 8.60. The first kappa shape index (κ1) is 20.8. The Kier molecular flexibility index (Phi) is 4.66. The lowest BCUT2D eigenvalue weighted by Crippen LogP contribution is -2.22. The predicted octanol–water partition coefficient (Wildman–Crippen LogP) is 5.06. The minimum absolute atomic E-state index is 0.340. The van der Waals surface area contributed by atoms with E-state index >= 15 is 4.39 Å². The third-order valence-corrected chi connectivity index (χ3v) is 6.45. The van der Waals surface area contributed by atoms with Crippen LogP contribution in [-0.4, -0.2) is 38.7 Å². The van der Waals surface area contributed by atoms with Gasteiger partial charge in [-0.05, 0) is 44.0 Å². The van der Waals surface area contributed by atoms with Crippen molar-refractivity contribution in [2.45, 2.75) is 38.7 Å². The normalized spacial score (nSPS) is 18.9. The van der Waals surface area contributed by atoms with Crippen LogP contribution in [0.4, 0.5) is 24.7 Å². The Morgan fingerprint density at radius 3 is 2.74 bits per heavy atom. The quantitative estimate of drug-likeness (QED) is 0.389. The number of benzene rings is 2. The van der Waals surface area contributed by atoms with Gasteiger partial charge in [-0.25, -0.2) is 13.2 Å². The average Bonchev–Trinajstić information content (AvgIpc) is 3.57. The molecule has 0 saturated heterocycles. The summed E-state index contributed by atoms with van der Waals surface area (Å²) in [5.74, 6) is 7.19. The molecule has 1 unspecified atom stereocenters. The van der Waals surface area contributed by atoms with Gasteiger partial charge in [-0.1, -0.05) is 30.0 Å². The molecule has 34 heavy (non-hydrogen) atoms.